The second-order valence-electron chi connectivity index (χ2n) is 2.68. The lowest BCUT2D eigenvalue weighted by Crippen LogP contribution is -1.84. The Labute approximate surface area is 90.2 Å². The van der Waals surface area contributed by atoms with Gasteiger partial charge in [-0.05, 0) is 23.7 Å². The number of nitrogens with zero attached hydrogens (tertiary/aromatic N) is 2. The van der Waals surface area contributed by atoms with Crippen LogP contribution < -0.4 is 0 Å². The van der Waals surface area contributed by atoms with Crippen LogP contribution in [0.2, 0.25) is 5.02 Å². The Morgan fingerprint density at radius 1 is 1.29 bits per heavy atom. The molecule has 0 aliphatic carbocycles. The fourth-order valence-corrected chi connectivity index (χ4v) is 1.83. The first-order chi connectivity index (χ1) is 6.79. The van der Waals surface area contributed by atoms with E-state index >= 15 is 0 Å². The molecule has 1 aromatic carbocycles. The summed E-state index contributed by atoms with van der Waals surface area (Å²) in [7, 11) is 0. The van der Waals surface area contributed by atoms with Gasteiger partial charge in [-0.2, -0.15) is 4.37 Å². The number of halogens is 1. The average Bonchev–Trinajstić information content (AvgIpc) is 2.67. The molecule has 5 heteroatoms. The number of hydrogen-bond acceptors (Lipinski definition) is 4. The molecule has 1 aromatic heterocycles. The van der Waals surface area contributed by atoms with Crippen LogP contribution in [-0.4, -0.2) is 14.5 Å². The molecular weight excluding hydrogens is 220 g/mol. The Morgan fingerprint density at radius 3 is 2.57 bits per heavy atom. The molecule has 2 aromatic rings. The molecule has 0 unspecified atom stereocenters. The highest BCUT2D eigenvalue weighted by molar-refractivity contribution is 7.09. The van der Waals surface area contributed by atoms with Crippen molar-refractivity contribution in [3.05, 3.63) is 35.1 Å². The van der Waals surface area contributed by atoms with Crippen molar-refractivity contribution >= 4 is 23.1 Å². The number of aliphatic hydroxyl groups excluding tert-OH is 1. The minimum atomic E-state index is -0.121. The highest BCUT2D eigenvalue weighted by Gasteiger charge is 2.04. The molecule has 72 valence electrons. The minimum Gasteiger partial charge on any atom is -0.388 e. The van der Waals surface area contributed by atoms with E-state index in [0.717, 1.165) is 10.6 Å². The predicted octanol–water partition coefficient (Wildman–Crippen LogP) is 2.35. The molecule has 0 aliphatic heterocycles. The molecular formula is C9H7ClN2OS. The second-order valence-corrected chi connectivity index (χ2v) is 3.87. The Bertz CT molecular complexity index is 427. The molecule has 0 spiro atoms. The molecule has 0 fully saturated rings. The molecule has 0 saturated heterocycles. The maximum absolute atomic E-state index is 8.80. The lowest BCUT2D eigenvalue weighted by molar-refractivity contribution is 0.273. The van der Waals surface area contributed by atoms with Gasteiger partial charge >= 0.3 is 0 Å². The molecule has 3 nitrogen and oxygen atoms in total. The zero-order valence-electron chi connectivity index (χ0n) is 7.14. The van der Waals surface area contributed by atoms with Crippen molar-refractivity contribution in [2.24, 2.45) is 0 Å². The summed E-state index contributed by atoms with van der Waals surface area (Å²) in [6, 6.07) is 7.36. The predicted molar refractivity (Wildman–Crippen MR) is 56.3 cm³/mol. The van der Waals surface area contributed by atoms with E-state index in [1.807, 2.05) is 12.1 Å². The molecule has 0 amide bonds. The highest BCUT2D eigenvalue weighted by atomic mass is 35.5. The lowest BCUT2D eigenvalue weighted by Gasteiger charge is -1.94. The average molecular weight is 227 g/mol. The zero-order chi connectivity index (χ0) is 9.97. The van der Waals surface area contributed by atoms with Gasteiger partial charge in [0, 0.05) is 10.6 Å². The fraction of sp³-hybridized carbons (Fsp3) is 0.111. The minimum absolute atomic E-state index is 0.121. The maximum Gasteiger partial charge on any atom is 0.168 e. The SMILES string of the molecule is OCc1nsc(-c2ccc(Cl)cc2)n1. The first-order valence-corrected chi connectivity index (χ1v) is 5.14. The summed E-state index contributed by atoms with van der Waals surface area (Å²) in [5.41, 5.74) is 0.964. The van der Waals surface area contributed by atoms with E-state index in [2.05, 4.69) is 9.36 Å². The van der Waals surface area contributed by atoms with E-state index in [9.17, 15) is 0 Å². The number of rotatable bonds is 2. The van der Waals surface area contributed by atoms with Crippen molar-refractivity contribution in [3.63, 3.8) is 0 Å². The first kappa shape index (κ1) is 9.58. The summed E-state index contributed by atoms with van der Waals surface area (Å²) in [4.78, 5) is 4.14. The van der Waals surface area contributed by atoms with Gasteiger partial charge in [0.05, 0.1) is 0 Å². The third-order valence-electron chi connectivity index (χ3n) is 1.70. The van der Waals surface area contributed by atoms with Crippen LogP contribution in [0.5, 0.6) is 0 Å². The number of benzene rings is 1. The van der Waals surface area contributed by atoms with Gasteiger partial charge in [-0.1, -0.05) is 23.7 Å². The van der Waals surface area contributed by atoms with Crippen LogP contribution in [0.1, 0.15) is 5.82 Å². The van der Waals surface area contributed by atoms with Gasteiger partial charge in [-0.25, -0.2) is 4.98 Å². The van der Waals surface area contributed by atoms with Crippen molar-refractivity contribution in [2.45, 2.75) is 6.61 Å². The van der Waals surface area contributed by atoms with Crippen LogP contribution in [0.15, 0.2) is 24.3 Å². The Morgan fingerprint density at radius 2 is 2.00 bits per heavy atom. The van der Waals surface area contributed by atoms with Crippen LogP contribution in [0, 0.1) is 0 Å². The summed E-state index contributed by atoms with van der Waals surface area (Å²) < 4.78 is 3.98. The Hall–Kier alpha value is -0.970. The van der Waals surface area contributed by atoms with Gasteiger partial charge < -0.3 is 5.11 Å². The van der Waals surface area contributed by atoms with Gasteiger partial charge in [0.2, 0.25) is 0 Å². The maximum atomic E-state index is 8.80. The summed E-state index contributed by atoms with van der Waals surface area (Å²) >= 11 is 7.03. The molecule has 1 heterocycles. The fourth-order valence-electron chi connectivity index (χ4n) is 1.03. The number of aromatic nitrogens is 2. The van der Waals surface area contributed by atoms with E-state index in [-0.39, 0.29) is 6.61 Å². The third-order valence-corrected chi connectivity index (χ3v) is 2.75. The van der Waals surface area contributed by atoms with Crippen molar-refractivity contribution in [1.82, 2.24) is 9.36 Å². The molecule has 0 bridgehead atoms. The van der Waals surface area contributed by atoms with Gasteiger partial charge in [-0.3, -0.25) is 0 Å². The quantitative estimate of drug-likeness (QED) is 0.855. The molecule has 0 radical (unpaired) electrons. The summed E-state index contributed by atoms with van der Waals surface area (Å²) in [5.74, 6) is 0.458. The summed E-state index contributed by atoms with van der Waals surface area (Å²) in [6.07, 6.45) is 0. The number of aliphatic hydroxyl groups is 1. The highest BCUT2D eigenvalue weighted by Crippen LogP contribution is 2.22. The molecule has 2 rings (SSSR count). The van der Waals surface area contributed by atoms with E-state index in [1.54, 1.807) is 12.1 Å². The van der Waals surface area contributed by atoms with Crippen LogP contribution in [0.25, 0.3) is 10.6 Å². The molecule has 14 heavy (non-hydrogen) atoms. The molecule has 0 aliphatic rings. The topological polar surface area (TPSA) is 46.0 Å². The van der Waals surface area contributed by atoms with Crippen LogP contribution in [0.3, 0.4) is 0 Å². The van der Waals surface area contributed by atoms with Gasteiger partial charge in [0.25, 0.3) is 0 Å². The molecule has 1 N–H and O–H groups in total. The normalized spacial score (nSPS) is 10.4. The van der Waals surface area contributed by atoms with Gasteiger partial charge in [0.1, 0.15) is 11.6 Å². The van der Waals surface area contributed by atoms with Crippen molar-refractivity contribution < 1.29 is 5.11 Å². The van der Waals surface area contributed by atoms with Crippen LogP contribution in [-0.2, 0) is 6.61 Å². The summed E-state index contributed by atoms with van der Waals surface area (Å²) in [6.45, 7) is -0.121. The first-order valence-electron chi connectivity index (χ1n) is 3.99. The van der Waals surface area contributed by atoms with E-state index < -0.39 is 0 Å². The van der Waals surface area contributed by atoms with E-state index in [4.69, 9.17) is 16.7 Å². The van der Waals surface area contributed by atoms with E-state index in [0.29, 0.717) is 10.8 Å². The Kier molecular flexibility index (Phi) is 2.77. The van der Waals surface area contributed by atoms with Crippen LogP contribution >= 0.6 is 23.1 Å². The smallest absolute Gasteiger partial charge is 0.168 e. The van der Waals surface area contributed by atoms with E-state index in [1.165, 1.54) is 11.5 Å². The second kappa shape index (κ2) is 4.04. The van der Waals surface area contributed by atoms with Crippen molar-refractivity contribution in [1.29, 1.82) is 0 Å². The largest absolute Gasteiger partial charge is 0.388 e. The monoisotopic (exact) mass is 226 g/mol. The Balaban J connectivity index is 2.34. The zero-order valence-corrected chi connectivity index (χ0v) is 8.72. The molecule has 0 saturated carbocycles. The third kappa shape index (κ3) is 1.92. The standard InChI is InChI=1S/C9H7ClN2OS/c10-7-3-1-6(2-4-7)9-11-8(5-13)12-14-9/h1-4,13H,5H2. The van der Waals surface area contributed by atoms with Crippen molar-refractivity contribution in [2.75, 3.05) is 0 Å². The number of hydrogen-bond donors (Lipinski definition) is 1. The molecule has 0 atom stereocenters. The van der Waals surface area contributed by atoms with Crippen molar-refractivity contribution in [3.8, 4) is 10.6 Å². The lowest BCUT2D eigenvalue weighted by atomic mass is 10.2. The van der Waals surface area contributed by atoms with Crippen LogP contribution in [0.4, 0.5) is 0 Å². The van der Waals surface area contributed by atoms with Gasteiger partial charge in [-0.15, -0.1) is 0 Å². The van der Waals surface area contributed by atoms with Gasteiger partial charge in [0.15, 0.2) is 5.82 Å². The summed E-state index contributed by atoms with van der Waals surface area (Å²) in [5, 5.41) is 10.3.